The fourth-order valence-corrected chi connectivity index (χ4v) is 1.88. The minimum Gasteiger partial charge on any atom is -0.392 e. The van der Waals surface area contributed by atoms with Crippen LogP contribution in [0.2, 0.25) is 0 Å². The van der Waals surface area contributed by atoms with E-state index in [9.17, 15) is 0 Å². The Kier molecular flexibility index (Phi) is 2.81. The molecule has 14 heavy (non-hydrogen) atoms. The molecule has 0 aliphatic carbocycles. The van der Waals surface area contributed by atoms with E-state index >= 15 is 0 Å². The summed E-state index contributed by atoms with van der Waals surface area (Å²) in [5, 5.41) is 15.4. The summed E-state index contributed by atoms with van der Waals surface area (Å²) in [5.41, 5.74) is 1.94. The van der Waals surface area contributed by atoms with Gasteiger partial charge >= 0.3 is 0 Å². The van der Waals surface area contributed by atoms with Gasteiger partial charge in [-0.3, -0.25) is 0 Å². The average molecular weight is 205 g/mol. The number of nitrogens with one attached hydrogen (secondary N) is 1. The van der Waals surface area contributed by atoms with Crippen LogP contribution in [0.3, 0.4) is 0 Å². The van der Waals surface area contributed by atoms with E-state index in [-0.39, 0.29) is 6.61 Å². The Morgan fingerprint density at radius 1 is 1.21 bits per heavy atom. The molecule has 0 fully saturated rings. The lowest BCUT2D eigenvalue weighted by Gasteiger charge is -2.04. The van der Waals surface area contributed by atoms with Gasteiger partial charge in [0.1, 0.15) is 0 Å². The van der Waals surface area contributed by atoms with Crippen molar-refractivity contribution in [2.45, 2.75) is 6.61 Å². The maximum absolute atomic E-state index is 8.96. The van der Waals surface area contributed by atoms with Crippen LogP contribution < -0.4 is 5.32 Å². The fourth-order valence-electron chi connectivity index (χ4n) is 1.24. The molecule has 72 valence electrons. The zero-order valence-electron chi connectivity index (χ0n) is 7.60. The molecule has 0 saturated heterocycles. The van der Waals surface area contributed by atoms with Crippen LogP contribution in [0.25, 0.3) is 0 Å². The second-order valence-electron chi connectivity index (χ2n) is 2.96. The Morgan fingerprint density at radius 3 is 2.86 bits per heavy atom. The third-order valence-corrected chi connectivity index (χ3v) is 2.68. The quantitative estimate of drug-likeness (QED) is 0.807. The third-order valence-electron chi connectivity index (χ3n) is 1.90. The van der Waals surface area contributed by atoms with Gasteiger partial charge in [0, 0.05) is 5.69 Å². The molecule has 0 bridgehead atoms. The van der Waals surface area contributed by atoms with Crippen LogP contribution in [0.5, 0.6) is 0 Å². The molecule has 1 heterocycles. The molecule has 0 saturated carbocycles. The van der Waals surface area contributed by atoms with E-state index in [4.69, 9.17) is 5.11 Å². The molecule has 0 atom stereocenters. The van der Waals surface area contributed by atoms with Crippen LogP contribution in [0, 0.1) is 0 Å². The monoisotopic (exact) mass is 205 g/mol. The van der Waals surface area contributed by atoms with E-state index < -0.39 is 0 Å². The Bertz CT molecular complexity index is 397. The molecule has 0 aliphatic heterocycles. The summed E-state index contributed by atoms with van der Waals surface area (Å²) >= 11 is 1.66. The van der Waals surface area contributed by atoms with Crippen molar-refractivity contribution in [3.05, 3.63) is 47.3 Å². The largest absolute Gasteiger partial charge is 0.392 e. The summed E-state index contributed by atoms with van der Waals surface area (Å²) in [6.07, 6.45) is 0. The molecule has 3 heteroatoms. The van der Waals surface area contributed by atoms with Crippen LogP contribution in [0.4, 0.5) is 10.7 Å². The molecular weight excluding hydrogens is 194 g/mol. The molecule has 0 unspecified atom stereocenters. The first-order valence-electron chi connectivity index (χ1n) is 4.39. The van der Waals surface area contributed by atoms with E-state index in [0.717, 1.165) is 16.3 Å². The van der Waals surface area contributed by atoms with Crippen molar-refractivity contribution in [3.8, 4) is 0 Å². The third kappa shape index (κ3) is 2.13. The highest BCUT2D eigenvalue weighted by molar-refractivity contribution is 7.14. The standard InChI is InChI=1S/C11H11NOS/c13-8-9-3-1-4-10(7-9)12-11-5-2-6-14-11/h1-7,12-13H,8H2. The van der Waals surface area contributed by atoms with Crippen LogP contribution in [-0.2, 0) is 6.61 Å². The number of hydrogen-bond acceptors (Lipinski definition) is 3. The molecule has 2 nitrogen and oxygen atoms in total. The topological polar surface area (TPSA) is 32.3 Å². The van der Waals surface area contributed by atoms with Crippen molar-refractivity contribution in [1.82, 2.24) is 0 Å². The van der Waals surface area contributed by atoms with E-state index in [1.807, 2.05) is 41.8 Å². The molecule has 1 aromatic heterocycles. The van der Waals surface area contributed by atoms with Crippen molar-refractivity contribution in [2.75, 3.05) is 5.32 Å². The molecule has 0 radical (unpaired) electrons. The van der Waals surface area contributed by atoms with E-state index in [0.29, 0.717) is 0 Å². The van der Waals surface area contributed by atoms with Crippen molar-refractivity contribution in [1.29, 1.82) is 0 Å². The van der Waals surface area contributed by atoms with Gasteiger partial charge < -0.3 is 10.4 Å². The molecule has 2 N–H and O–H groups in total. The fraction of sp³-hybridized carbons (Fsp3) is 0.0909. The highest BCUT2D eigenvalue weighted by Gasteiger charge is 1.96. The number of rotatable bonds is 3. The number of hydrogen-bond donors (Lipinski definition) is 2. The van der Waals surface area contributed by atoms with Gasteiger partial charge in [0.25, 0.3) is 0 Å². The normalized spacial score (nSPS) is 10.1. The lowest BCUT2D eigenvalue weighted by Crippen LogP contribution is -1.89. The molecule has 2 aromatic rings. The molecule has 0 spiro atoms. The zero-order chi connectivity index (χ0) is 9.80. The van der Waals surface area contributed by atoms with Crippen molar-refractivity contribution in [2.24, 2.45) is 0 Å². The Hall–Kier alpha value is -1.32. The van der Waals surface area contributed by atoms with Gasteiger partial charge in [-0.1, -0.05) is 12.1 Å². The van der Waals surface area contributed by atoms with Crippen LogP contribution in [-0.4, -0.2) is 5.11 Å². The summed E-state index contributed by atoms with van der Waals surface area (Å²) < 4.78 is 0. The Balaban J connectivity index is 2.17. The lowest BCUT2D eigenvalue weighted by atomic mass is 10.2. The highest BCUT2D eigenvalue weighted by Crippen LogP contribution is 2.21. The molecule has 1 aromatic carbocycles. The number of aliphatic hydroxyl groups is 1. The van der Waals surface area contributed by atoms with Gasteiger partial charge in [-0.2, -0.15) is 0 Å². The second kappa shape index (κ2) is 4.26. The van der Waals surface area contributed by atoms with Gasteiger partial charge in [-0.05, 0) is 35.2 Å². The van der Waals surface area contributed by atoms with Gasteiger partial charge in [0.05, 0.1) is 11.6 Å². The van der Waals surface area contributed by atoms with E-state index in [1.165, 1.54) is 0 Å². The molecule has 0 aliphatic rings. The van der Waals surface area contributed by atoms with Gasteiger partial charge in [-0.15, -0.1) is 11.3 Å². The van der Waals surface area contributed by atoms with Crippen molar-refractivity contribution < 1.29 is 5.11 Å². The van der Waals surface area contributed by atoms with E-state index in [1.54, 1.807) is 11.3 Å². The van der Waals surface area contributed by atoms with Gasteiger partial charge in [-0.25, -0.2) is 0 Å². The summed E-state index contributed by atoms with van der Waals surface area (Å²) in [6.45, 7) is 0.0833. The summed E-state index contributed by atoms with van der Waals surface area (Å²) in [5.74, 6) is 0. The molecule has 0 amide bonds. The maximum Gasteiger partial charge on any atom is 0.0926 e. The Labute approximate surface area is 86.8 Å². The first-order chi connectivity index (χ1) is 6.88. The predicted octanol–water partition coefficient (Wildman–Crippen LogP) is 2.98. The smallest absolute Gasteiger partial charge is 0.0926 e. The van der Waals surface area contributed by atoms with Gasteiger partial charge in [0.15, 0.2) is 0 Å². The number of thiophene rings is 1. The maximum atomic E-state index is 8.96. The van der Waals surface area contributed by atoms with Crippen molar-refractivity contribution >= 4 is 22.0 Å². The minimum atomic E-state index is 0.0833. The van der Waals surface area contributed by atoms with Crippen molar-refractivity contribution in [3.63, 3.8) is 0 Å². The van der Waals surface area contributed by atoms with Crippen LogP contribution in [0.15, 0.2) is 41.8 Å². The SMILES string of the molecule is OCc1cccc(Nc2cccs2)c1. The Morgan fingerprint density at radius 2 is 2.14 bits per heavy atom. The highest BCUT2D eigenvalue weighted by atomic mass is 32.1. The summed E-state index contributed by atoms with van der Waals surface area (Å²) in [6, 6.07) is 11.8. The minimum absolute atomic E-state index is 0.0833. The summed E-state index contributed by atoms with van der Waals surface area (Å²) in [4.78, 5) is 0. The molecule has 2 rings (SSSR count). The van der Waals surface area contributed by atoms with Gasteiger partial charge in [0.2, 0.25) is 0 Å². The number of aliphatic hydroxyl groups excluding tert-OH is 1. The summed E-state index contributed by atoms with van der Waals surface area (Å²) in [7, 11) is 0. The van der Waals surface area contributed by atoms with Crippen LogP contribution >= 0.6 is 11.3 Å². The first-order valence-corrected chi connectivity index (χ1v) is 5.27. The van der Waals surface area contributed by atoms with E-state index in [2.05, 4.69) is 5.32 Å². The molecular formula is C11H11NOS. The second-order valence-corrected chi connectivity index (χ2v) is 3.91. The lowest BCUT2D eigenvalue weighted by molar-refractivity contribution is 0.282. The average Bonchev–Trinajstić information content (AvgIpc) is 2.71. The predicted molar refractivity (Wildman–Crippen MR) is 60.0 cm³/mol. The first kappa shape index (κ1) is 9.24. The number of anilines is 2. The zero-order valence-corrected chi connectivity index (χ0v) is 8.42. The number of benzene rings is 1. The van der Waals surface area contributed by atoms with Crippen LogP contribution in [0.1, 0.15) is 5.56 Å².